The number of amides is 1. The maximum atomic E-state index is 12.5. The maximum Gasteiger partial charge on any atom is 0.222 e. The van der Waals surface area contributed by atoms with Gasteiger partial charge in [0.05, 0.1) is 19.1 Å². The van der Waals surface area contributed by atoms with E-state index in [1.54, 1.807) is 0 Å². The number of hydrogen-bond acceptors (Lipinski definition) is 5. The number of anilines is 1. The molecule has 0 bridgehead atoms. The maximum absolute atomic E-state index is 12.5. The van der Waals surface area contributed by atoms with Crippen LogP contribution in [0.25, 0.3) is 0 Å². The Balaban J connectivity index is 1.44. The van der Waals surface area contributed by atoms with Gasteiger partial charge >= 0.3 is 0 Å². The van der Waals surface area contributed by atoms with E-state index in [-0.39, 0.29) is 37.1 Å². The lowest BCUT2D eigenvalue weighted by molar-refractivity contribution is -0.142. The van der Waals surface area contributed by atoms with E-state index in [1.807, 2.05) is 56.6 Å². The Labute approximate surface area is 171 Å². The van der Waals surface area contributed by atoms with Crippen molar-refractivity contribution in [1.82, 2.24) is 5.32 Å². The fourth-order valence-electron chi connectivity index (χ4n) is 4.23. The van der Waals surface area contributed by atoms with E-state index >= 15 is 0 Å². The summed E-state index contributed by atoms with van der Waals surface area (Å²) in [5, 5.41) is 12.8. The van der Waals surface area contributed by atoms with Crippen LogP contribution in [-0.4, -0.2) is 50.0 Å². The van der Waals surface area contributed by atoms with Crippen LogP contribution in [0.1, 0.15) is 29.9 Å². The molecule has 6 nitrogen and oxygen atoms in total. The van der Waals surface area contributed by atoms with Crippen molar-refractivity contribution in [3.05, 3.63) is 59.7 Å². The molecule has 0 spiro atoms. The molecule has 154 valence electrons. The summed E-state index contributed by atoms with van der Waals surface area (Å²) in [6.07, 6.45) is 0.0765. The van der Waals surface area contributed by atoms with Crippen molar-refractivity contribution >= 4 is 11.6 Å². The smallest absolute Gasteiger partial charge is 0.222 e. The third kappa shape index (κ3) is 4.23. The van der Waals surface area contributed by atoms with Gasteiger partial charge in [-0.15, -0.1) is 0 Å². The molecule has 2 aliphatic rings. The predicted octanol–water partition coefficient (Wildman–Crippen LogP) is 2.45. The highest BCUT2D eigenvalue weighted by molar-refractivity contribution is 5.76. The topological polar surface area (TPSA) is 71.0 Å². The highest BCUT2D eigenvalue weighted by atomic mass is 16.6. The van der Waals surface area contributed by atoms with Gasteiger partial charge in [0, 0.05) is 37.8 Å². The van der Waals surface area contributed by atoms with Crippen molar-refractivity contribution in [2.75, 3.05) is 25.6 Å². The molecule has 1 saturated heterocycles. The Kier molecular flexibility index (Phi) is 5.74. The molecule has 2 aromatic rings. The van der Waals surface area contributed by atoms with Gasteiger partial charge in [0.25, 0.3) is 0 Å². The Morgan fingerprint density at radius 2 is 2.00 bits per heavy atom. The number of carbonyl (C=O) groups excluding carboxylic acids is 1. The van der Waals surface area contributed by atoms with Crippen molar-refractivity contribution < 1.29 is 19.4 Å². The lowest BCUT2D eigenvalue weighted by Gasteiger charge is -2.37. The average molecular weight is 396 g/mol. The molecule has 2 N–H and O–H groups in total. The van der Waals surface area contributed by atoms with Crippen LogP contribution in [0.5, 0.6) is 5.75 Å². The van der Waals surface area contributed by atoms with Gasteiger partial charge in [-0.3, -0.25) is 4.79 Å². The highest BCUT2D eigenvalue weighted by Gasteiger charge is 2.46. The van der Waals surface area contributed by atoms with E-state index < -0.39 is 6.10 Å². The Bertz CT molecular complexity index is 855. The molecular formula is C23H28N2O4. The average Bonchev–Trinajstić information content (AvgIpc) is 3.10. The largest absolute Gasteiger partial charge is 0.487 e. The predicted molar refractivity (Wildman–Crippen MR) is 111 cm³/mol. The number of carbonyl (C=O) groups is 1. The molecule has 0 radical (unpaired) electrons. The van der Waals surface area contributed by atoms with E-state index in [2.05, 4.69) is 16.3 Å². The summed E-state index contributed by atoms with van der Waals surface area (Å²) in [4.78, 5) is 14.5. The van der Waals surface area contributed by atoms with Crippen LogP contribution >= 0.6 is 0 Å². The standard InChI is InChI=1S/C23H28N2O4/c1-25(2)16-8-9-20-18(10-16)19-11-17(28-21(14-26)23(19)29-20)12-22(27)24-13-15-6-4-3-5-7-15/h3-10,17,19,21,23,26H,11-14H2,1-2H3,(H,24,27)/t17-,19+,21-,23-/m0/s1. The normalized spacial score (nSPS) is 24.9. The van der Waals surface area contributed by atoms with Crippen LogP contribution in [0.15, 0.2) is 48.5 Å². The highest BCUT2D eigenvalue weighted by Crippen LogP contribution is 2.47. The van der Waals surface area contributed by atoms with Gasteiger partial charge in [0.2, 0.25) is 5.91 Å². The molecule has 4 rings (SSSR count). The lowest BCUT2D eigenvalue weighted by atomic mass is 9.84. The summed E-state index contributed by atoms with van der Waals surface area (Å²) in [5.74, 6) is 0.916. The molecular weight excluding hydrogens is 368 g/mol. The van der Waals surface area contributed by atoms with Crippen molar-refractivity contribution in [3.63, 3.8) is 0 Å². The van der Waals surface area contributed by atoms with Gasteiger partial charge in [-0.2, -0.15) is 0 Å². The van der Waals surface area contributed by atoms with E-state index in [4.69, 9.17) is 9.47 Å². The number of ether oxygens (including phenoxy) is 2. The molecule has 4 atom stereocenters. The second-order valence-electron chi connectivity index (χ2n) is 7.99. The first-order valence-electron chi connectivity index (χ1n) is 10.1. The van der Waals surface area contributed by atoms with Crippen LogP contribution in [0.4, 0.5) is 5.69 Å². The van der Waals surface area contributed by atoms with Crippen LogP contribution < -0.4 is 15.0 Å². The monoisotopic (exact) mass is 396 g/mol. The van der Waals surface area contributed by atoms with Crippen molar-refractivity contribution in [3.8, 4) is 5.75 Å². The SMILES string of the molecule is CN(C)c1ccc2c(c1)[C@H]1C[C@@H](CC(=O)NCc3ccccc3)O[C@@H](CO)[C@H]1O2. The van der Waals surface area contributed by atoms with Crippen molar-refractivity contribution in [1.29, 1.82) is 0 Å². The summed E-state index contributed by atoms with van der Waals surface area (Å²) in [5.41, 5.74) is 3.31. The summed E-state index contributed by atoms with van der Waals surface area (Å²) >= 11 is 0. The van der Waals surface area contributed by atoms with E-state index in [0.29, 0.717) is 13.0 Å². The second-order valence-corrected chi connectivity index (χ2v) is 7.99. The molecule has 1 amide bonds. The molecule has 1 fully saturated rings. The molecule has 2 heterocycles. The molecule has 0 aliphatic carbocycles. The first-order valence-corrected chi connectivity index (χ1v) is 10.1. The Morgan fingerprint density at radius 1 is 1.21 bits per heavy atom. The minimum Gasteiger partial charge on any atom is -0.487 e. The number of nitrogens with zero attached hydrogens (tertiary/aromatic N) is 1. The Morgan fingerprint density at radius 3 is 2.72 bits per heavy atom. The molecule has 2 aromatic carbocycles. The van der Waals surface area contributed by atoms with Gasteiger partial charge in [0.15, 0.2) is 0 Å². The third-order valence-electron chi connectivity index (χ3n) is 5.74. The fraction of sp³-hybridized carbons (Fsp3) is 0.435. The zero-order valence-corrected chi connectivity index (χ0v) is 16.9. The van der Waals surface area contributed by atoms with Crippen molar-refractivity contribution in [2.45, 2.75) is 43.6 Å². The van der Waals surface area contributed by atoms with Crippen LogP contribution in [-0.2, 0) is 16.1 Å². The number of fused-ring (bicyclic) bond motifs is 3. The molecule has 6 heteroatoms. The van der Waals surface area contributed by atoms with Crippen LogP contribution in [0.3, 0.4) is 0 Å². The van der Waals surface area contributed by atoms with Gasteiger partial charge in [-0.25, -0.2) is 0 Å². The van der Waals surface area contributed by atoms with Gasteiger partial charge in [-0.1, -0.05) is 30.3 Å². The zero-order chi connectivity index (χ0) is 20.4. The summed E-state index contributed by atoms with van der Waals surface area (Å²) < 4.78 is 12.1. The minimum atomic E-state index is -0.434. The molecule has 0 unspecified atom stereocenters. The van der Waals surface area contributed by atoms with E-state index in [1.165, 1.54) is 0 Å². The summed E-state index contributed by atoms with van der Waals surface area (Å²) in [7, 11) is 4.02. The van der Waals surface area contributed by atoms with E-state index in [9.17, 15) is 9.90 Å². The van der Waals surface area contributed by atoms with Crippen LogP contribution in [0.2, 0.25) is 0 Å². The minimum absolute atomic E-state index is 0.0461. The number of nitrogens with one attached hydrogen (secondary N) is 1. The third-order valence-corrected chi connectivity index (χ3v) is 5.74. The first-order chi connectivity index (χ1) is 14.0. The molecule has 2 aliphatic heterocycles. The first kappa shape index (κ1) is 19.7. The van der Waals surface area contributed by atoms with Gasteiger partial charge in [-0.05, 0) is 30.2 Å². The number of benzene rings is 2. The Hall–Kier alpha value is -2.57. The number of aliphatic hydroxyl groups excluding tert-OH is 1. The lowest BCUT2D eigenvalue weighted by Crippen LogP contribution is -2.47. The number of rotatable bonds is 6. The molecule has 29 heavy (non-hydrogen) atoms. The summed E-state index contributed by atoms with van der Waals surface area (Å²) in [6.45, 7) is 0.373. The number of hydrogen-bond donors (Lipinski definition) is 2. The molecule has 0 saturated carbocycles. The quantitative estimate of drug-likeness (QED) is 0.785. The number of aliphatic hydroxyl groups is 1. The zero-order valence-electron chi connectivity index (χ0n) is 16.9. The second kappa shape index (κ2) is 8.43. The van der Waals surface area contributed by atoms with Crippen molar-refractivity contribution in [2.24, 2.45) is 0 Å². The molecule has 0 aromatic heterocycles. The fourth-order valence-corrected chi connectivity index (χ4v) is 4.23. The van der Waals surface area contributed by atoms with Gasteiger partial charge < -0.3 is 24.8 Å². The van der Waals surface area contributed by atoms with Gasteiger partial charge in [0.1, 0.15) is 18.0 Å². The van der Waals surface area contributed by atoms with E-state index in [0.717, 1.165) is 22.6 Å². The summed E-state index contributed by atoms with van der Waals surface area (Å²) in [6, 6.07) is 16.0. The van der Waals surface area contributed by atoms with Crippen LogP contribution in [0, 0.1) is 0 Å².